The Hall–Kier alpha value is -3.91. The number of ketones is 1. The predicted molar refractivity (Wildman–Crippen MR) is 121 cm³/mol. The van der Waals surface area contributed by atoms with Gasteiger partial charge in [-0.15, -0.1) is 0 Å². The van der Waals surface area contributed by atoms with Crippen LogP contribution in [0.15, 0.2) is 83.8 Å². The number of aromatic amines is 1. The molecule has 0 bridgehead atoms. The molecule has 3 heterocycles. The van der Waals surface area contributed by atoms with Gasteiger partial charge in [0.25, 0.3) is 10.0 Å². The molecular formula is C24H19N3O4S. The Bertz CT molecular complexity index is 1470. The van der Waals surface area contributed by atoms with E-state index in [0.29, 0.717) is 16.9 Å². The minimum atomic E-state index is -3.95. The van der Waals surface area contributed by atoms with Crippen molar-refractivity contribution in [3.05, 3.63) is 95.6 Å². The van der Waals surface area contributed by atoms with E-state index >= 15 is 0 Å². The van der Waals surface area contributed by atoms with Gasteiger partial charge >= 0.3 is 0 Å². The van der Waals surface area contributed by atoms with Crippen LogP contribution in [0.1, 0.15) is 21.5 Å². The number of carbonyl (C=O) groups is 1. The van der Waals surface area contributed by atoms with Crippen molar-refractivity contribution >= 4 is 32.8 Å². The van der Waals surface area contributed by atoms with Crippen LogP contribution in [-0.4, -0.2) is 35.6 Å². The summed E-state index contributed by atoms with van der Waals surface area (Å²) >= 11 is 0. The van der Waals surface area contributed by atoms with Crippen molar-refractivity contribution in [3.63, 3.8) is 0 Å². The number of pyridine rings is 1. The zero-order valence-electron chi connectivity index (χ0n) is 17.1. The molecule has 7 nitrogen and oxygen atoms in total. The second-order valence-corrected chi connectivity index (χ2v) is 9.21. The maximum atomic E-state index is 13.5. The van der Waals surface area contributed by atoms with Gasteiger partial charge in [0.1, 0.15) is 11.4 Å². The van der Waals surface area contributed by atoms with Crippen molar-refractivity contribution in [2.75, 3.05) is 7.11 Å². The summed E-state index contributed by atoms with van der Waals surface area (Å²) in [5.41, 5.74) is 2.46. The second-order valence-electron chi connectivity index (χ2n) is 7.38. The maximum absolute atomic E-state index is 13.5. The van der Waals surface area contributed by atoms with Gasteiger partial charge < -0.3 is 9.72 Å². The van der Waals surface area contributed by atoms with Crippen LogP contribution >= 0.6 is 0 Å². The number of Topliss-reactive ketones (excluding diaryl/α,β-unsaturated/α-hetero) is 1. The van der Waals surface area contributed by atoms with Crippen molar-refractivity contribution in [2.45, 2.75) is 11.4 Å². The number of nitrogens with zero attached hydrogens (tertiary/aromatic N) is 2. The number of H-pyrrole nitrogens is 1. The molecular weight excluding hydrogens is 426 g/mol. The molecule has 5 rings (SSSR count). The average molecular weight is 446 g/mol. The summed E-state index contributed by atoms with van der Waals surface area (Å²) in [6.45, 7) is -0.00619. The van der Waals surface area contributed by atoms with Gasteiger partial charge in [0.2, 0.25) is 5.78 Å². The Morgan fingerprint density at radius 3 is 2.75 bits per heavy atom. The summed E-state index contributed by atoms with van der Waals surface area (Å²) in [4.78, 5) is 20.7. The monoisotopic (exact) mass is 445 g/mol. The van der Waals surface area contributed by atoms with E-state index in [1.54, 1.807) is 62.1 Å². The predicted octanol–water partition coefficient (Wildman–Crippen LogP) is 4.00. The summed E-state index contributed by atoms with van der Waals surface area (Å²) in [5, 5.41) is 0.822. The molecule has 1 aliphatic heterocycles. The van der Waals surface area contributed by atoms with Crippen LogP contribution in [0.5, 0.6) is 5.75 Å². The number of rotatable bonds is 4. The van der Waals surface area contributed by atoms with Crippen molar-refractivity contribution in [2.24, 2.45) is 0 Å². The first-order chi connectivity index (χ1) is 15.5. The van der Waals surface area contributed by atoms with Gasteiger partial charge in [0.15, 0.2) is 0 Å². The summed E-state index contributed by atoms with van der Waals surface area (Å²) in [5.74, 6) is 0.313. The fourth-order valence-electron chi connectivity index (χ4n) is 3.86. The second kappa shape index (κ2) is 7.65. The van der Waals surface area contributed by atoms with Crippen LogP contribution in [-0.2, 0) is 16.6 Å². The Labute approximate surface area is 185 Å². The summed E-state index contributed by atoms with van der Waals surface area (Å²) in [6.07, 6.45) is 6.57. The SMILES string of the molecule is COc1ccc2[nH]cc(/C=C3/C(=O)c4ccccc4S(=O)(=O)N3Cc3cccnc3)c2c1. The number of ether oxygens (including phenoxy) is 1. The highest BCUT2D eigenvalue weighted by Crippen LogP contribution is 2.35. The van der Waals surface area contributed by atoms with Gasteiger partial charge in [-0.3, -0.25) is 14.1 Å². The number of hydrogen-bond donors (Lipinski definition) is 1. The summed E-state index contributed by atoms with van der Waals surface area (Å²) < 4.78 is 33.6. The standard InChI is InChI=1S/C24H19N3O4S/c1-31-18-8-9-21-20(12-18)17(14-26-21)11-22-24(28)19-6-2-3-7-23(19)32(29,30)27(22)15-16-5-4-10-25-13-16/h2-14,26H,15H2,1H3/b22-11-. The molecule has 32 heavy (non-hydrogen) atoms. The molecule has 0 unspecified atom stereocenters. The highest BCUT2D eigenvalue weighted by molar-refractivity contribution is 7.89. The molecule has 1 aliphatic rings. The van der Waals surface area contributed by atoms with Gasteiger partial charge in [-0.2, -0.15) is 0 Å². The Morgan fingerprint density at radius 2 is 1.97 bits per heavy atom. The highest BCUT2D eigenvalue weighted by atomic mass is 32.2. The van der Waals surface area contributed by atoms with Crippen molar-refractivity contribution in [1.29, 1.82) is 0 Å². The molecule has 0 fully saturated rings. The third-order valence-electron chi connectivity index (χ3n) is 5.46. The maximum Gasteiger partial charge on any atom is 0.265 e. The third kappa shape index (κ3) is 3.25. The van der Waals surface area contributed by atoms with Gasteiger partial charge in [0, 0.05) is 40.6 Å². The lowest BCUT2D eigenvalue weighted by molar-refractivity contribution is 0.100. The Kier molecular flexibility index (Phi) is 4.79. The topological polar surface area (TPSA) is 92.4 Å². The van der Waals surface area contributed by atoms with Crippen LogP contribution in [0.3, 0.4) is 0 Å². The Morgan fingerprint density at radius 1 is 1.12 bits per heavy atom. The average Bonchev–Trinajstić information content (AvgIpc) is 3.22. The Balaban J connectivity index is 1.72. The number of sulfonamides is 1. The minimum absolute atomic E-state index is 0.00614. The van der Waals surface area contributed by atoms with Crippen LogP contribution in [0.2, 0.25) is 0 Å². The van der Waals surface area contributed by atoms with Crippen LogP contribution in [0.25, 0.3) is 17.0 Å². The highest BCUT2D eigenvalue weighted by Gasteiger charge is 2.39. The van der Waals surface area contributed by atoms with E-state index in [-0.39, 0.29) is 28.5 Å². The van der Waals surface area contributed by atoms with Gasteiger partial charge in [-0.1, -0.05) is 18.2 Å². The normalized spacial score (nSPS) is 16.3. The van der Waals surface area contributed by atoms with Crippen molar-refractivity contribution < 1.29 is 17.9 Å². The molecule has 1 N–H and O–H groups in total. The zero-order chi connectivity index (χ0) is 22.3. The molecule has 160 valence electrons. The number of fused-ring (bicyclic) bond motifs is 2. The number of benzene rings is 2. The molecule has 4 aromatic rings. The molecule has 0 spiro atoms. The molecule has 0 saturated heterocycles. The molecule has 2 aromatic carbocycles. The van der Waals surface area contributed by atoms with Crippen molar-refractivity contribution in [1.82, 2.24) is 14.3 Å². The lowest BCUT2D eigenvalue weighted by Crippen LogP contribution is -2.38. The molecule has 0 aliphatic carbocycles. The molecule has 0 atom stereocenters. The van der Waals surface area contributed by atoms with E-state index in [9.17, 15) is 13.2 Å². The first-order valence-electron chi connectivity index (χ1n) is 9.91. The molecule has 0 saturated carbocycles. The first-order valence-corrected chi connectivity index (χ1v) is 11.4. The number of methoxy groups -OCH3 is 1. The number of aromatic nitrogens is 2. The minimum Gasteiger partial charge on any atom is -0.497 e. The van der Waals surface area contributed by atoms with Crippen molar-refractivity contribution in [3.8, 4) is 5.75 Å². The fraction of sp³-hybridized carbons (Fsp3) is 0.0833. The number of hydrogen-bond acceptors (Lipinski definition) is 5. The molecule has 2 aromatic heterocycles. The third-order valence-corrected chi connectivity index (χ3v) is 7.28. The summed E-state index contributed by atoms with van der Waals surface area (Å²) in [6, 6.07) is 15.4. The van der Waals surface area contributed by atoms with Crippen LogP contribution < -0.4 is 4.74 Å². The lowest BCUT2D eigenvalue weighted by atomic mass is 10.0. The van der Waals surface area contributed by atoms with E-state index in [1.807, 2.05) is 18.2 Å². The smallest absolute Gasteiger partial charge is 0.265 e. The quantitative estimate of drug-likeness (QED) is 0.480. The van der Waals surface area contributed by atoms with Gasteiger partial charge in [-0.05, 0) is 48.0 Å². The first kappa shape index (κ1) is 20.0. The summed E-state index contributed by atoms with van der Waals surface area (Å²) in [7, 11) is -2.37. The van der Waals surface area contributed by atoms with E-state index < -0.39 is 10.0 Å². The largest absolute Gasteiger partial charge is 0.497 e. The molecule has 0 amide bonds. The van der Waals surface area contributed by atoms with Crippen LogP contribution in [0.4, 0.5) is 0 Å². The van der Waals surface area contributed by atoms with E-state index in [2.05, 4.69) is 9.97 Å². The number of allylic oxidation sites excluding steroid dienone is 1. The molecule has 8 heteroatoms. The molecule has 0 radical (unpaired) electrons. The van der Waals surface area contributed by atoms with E-state index in [4.69, 9.17) is 4.74 Å². The fourth-order valence-corrected chi connectivity index (χ4v) is 5.50. The number of carbonyl (C=O) groups excluding carboxylic acids is 1. The number of nitrogens with one attached hydrogen (secondary N) is 1. The lowest BCUT2D eigenvalue weighted by Gasteiger charge is -2.31. The van der Waals surface area contributed by atoms with Gasteiger partial charge in [0.05, 0.1) is 18.6 Å². The van der Waals surface area contributed by atoms with E-state index in [1.165, 1.54) is 6.07 Å². The van der Waals surface area contributed by atoms with Crippen LogP contribution in [0, 0.1) is 0 Å². The zero-order valence-corrected chi connectivity index (χ0v) is 18.0. The van der Waals surface area contributed by atoms with Gasteiger partial charge in [-0.25, -0.2) is 8.42 Å². The van der Waals surface area contributed by atoms with E-state index in [0.717, 1.165) is 15.2 Å².